The Balaban J connectivity index is 1.84. The minimum Gasteiger partial charge on any atom is -0.316 e. The Morgan fingerprint density at radius 3 is 2.65 bits per heavy atom. The van der Waals surface area contributed by atoms with E-state index in [0.29, 0.717) is 5.92 Å². The molecule has 0 bridgehead atoms. The molecule has 2 heteroatoms. The van der Waals surface area contributed by atoms with Crippen LogP contribution in [0, 0.1) is 11.8 Å². The second-order valence-electron chi connectivity index (χ2n) is 6.19. The van der Waals surface area contributed by atoms with Crippen LogP contribution >= 0.6 is 0 Å². The molecule has 0 radical (unpaired) electrons. The van der Waals surface area contributed by atoms with Gasteiger partial charge < -0.3 is 5.32 Å². The summed E-state index contributed by atoms with van der Waals surface area (Å²) in [6, 6.07) is 12.7. The maximum absolute atomic E-state index is 4.75. The lowest BCUT2D eigenvalue weighted by Crippen LogP contribution is -2.22. The summed E-state index contributed by atoms with van der Waals surface area (Å²) in [5.41, 5.74) is 2.31. The fourth-order valence-electron chi connectivity index (χ4n) is 2.42. The van der Waals surface area contributed by atoms with E-state index in [0.717, 1.165) is 30.9 Å². The minimum absolute atomic E-state index is 0.670. The summed E-state index contributed by atoms with van der Waals surface area (Å²) in [7, 11) is 0. The van der Waals surface area contributed by atoms with Gasteiger partial charge in [0.1, 0.15) is 0 Å². The van der Waals surface area contributed by atoms with Gasteiger partial charge in [0.15, 0.2) is 0 Å². The molecule has 1 aromatic heterocycles. The predicted molar refractivity (Wildman–Crippen MR) is 86.9 cm³/mol. The van der Waals surface area contributed by atoms with Gasteiger partial charge in [-0.15, -0.1) is 0 Å². The highest BCUT2D eigenvalue weighted by atomic mass is 14.8. The number of fused-ring (bicyclic) bond motifs is 1. The number of aromatic nitrogens is 1. The first-order valence-corrected chi connectivity index (χ1v) is 7.70. The van der Waals surface area contributed by atoms with Crippen LogP contribution in [-0.4, -0.2) is 18.1 Å². The Kier molecular flexibility index (Phi) is 5.54. The van der Waals surface area contributed by atoms with Crippen LogP contribution in [0.3, 0.4) is 0 Å². The maximum atomic E-state index is 4.75. The van der Waals surface area contributed by atoms with Crippen molar-refractivity contribution >= 4 is 10.9 Å². The third kappa shape index (κ3) is 4.61. The van der Waals surface area contributed by atoms with Crippen molar-refractivity contribution in [2.45, 2.75) is 33.6 Å². The molecule has 0 aliphatic rings. The Bertz CT molecular complexity index is 534. The van der Waals surface area contributed by atoms with Crippen LogP contribution in [-0.2, 0) is 6.42 Å². The van der Waals surface area contributed by atoms with Gasteiger partial charge in [0.2, 0.25) is 0 Å². The van der Waals surface area contributed by atoms with Gasteiger partial charge in [0.25, 0.3) is 0 Å². The van der Waals surface area contributed by atoms with Gasteiger partial charge in [-0.25, -0.2) is 0 Å². The fourth-order valence-corrected chi connectivity index (χ4v) is 2.42. The second-order valence-corrected chi connectivity index (χ2v) is 6.19. The van der Waals surface area contributed by atoms with Gasteiger partial charge in [0.05, 0.1) is 5.52 Å². The molecule has 2 nitrogen and oxygen atoms in total. The molecule has 0 aliphatic carbocycles. The summed E-state index contributed by atoms with van der Waals surface area (Å²) < 4.78 is 0. The van der Waals surface area contributed by atoms with Crippen LogP contribution in [0.25, 0.3) is 10.9 Å². The SMILES string of the molecule is CC(C)CNCCC(C)Cc1ccc2ccccc2n1. The second kappa shape index (κ2) is 7.39. The summed E-state index contributed by atoms with van der Waals surface area (Å²) in [6.07, 6.45) is 2.27. The zero-order valence-corrected chi connectivity index (χ0v) is 12.9. The smallest absolute Gasteiger partial charge is 0.0705 e. The lowest BCUT2D eigenvalue weighted by molar-refractivity contribution is 0.471. The molecule has 20 heavy (non-hydrogen) atoms. The Morgan fingerprint density at radius 2 is 1.85 bits per heavy atom. The van der Waals surface area contributed by atoms with Crippen LogP contribution in [0.2, 0.25) is 0 Å². The largest absolute Gasteiger partial charge is 0.316 e. The van der Waals surface area contributed by atoms with Crippen LogP contribution < -0.4 is 5.32 Å². The summed E-state index contributed by atoms with van der Waals surface area (Å²) in [4.78, 5) is 4.75. The number of nitrogens with one attached hydrogen (secondary N) is 1. The van der Waals surface area contributed by atoms with Crippen LogP contribution in [0.1, 0.15) is 32.9 Å². The van der Waals surface area contributed by atoms with E-state index in [1.54, 1.807) is 0 Å². The van der Waals surface area contributed by atoms with Gasteiger partial charge in [-0.2, -0.15) is 0 Å². The average Bonchev–Trinajstić information content (AvgIpc) is 2.43. The quantitative estimate of drug-likeness (QED) is 0.768. The molecule has 0 aliphatic heterocycles. The van der Waals surface area contributed by atoms with E-state index in [1.165, 1.54) is 17.5 Å². The van der Waals surface area contributed by atoms with E-state index in [2.05, 4.69) is 62.5 Å². The molecular formula is C18H26N2. The lowest BCUT2D eigenvalue weighted by Gasteiger charge is -2.13. The van der Waals surface area contributed by atoms with E-state index in [-0.39, 0.29) is 0 Å². The highest BCUT2D eigenvalue weighted by Crippen LogP contribution is 2.15. The number of pyridine rings is 1. The van der Waals surface area contributed by atoms with Crippen molar-refractivity contribution in [3.05, 3.63) is 42.1 Å². The van der Waals surface area contributed by atoms with Crippen LogP contribution in [0.15, 0.2) is 36.4 Å². The molecule has 108 valence electrons. The third-order valence-corrected chi connectivity index (χ3v) is 3.58. The number of rotatable bonds is 7. The normalized spacial score (nSPS) is 13.0. The minimum atomic E-state index is 0.670. The molecule has 2 aromatic rings. The van der Waals surface area contributed by atoms with Crippen molar-refractivity contribution in [3.8, 4) is 0 Å². The summed E-state index contributed by atoms with van der Waals surface area (Å²) >= 11 is 0. The van der Waals surface area contributed by atoms with Crippen molar-refractivity contribution in [2.75, 3.05) is 13.1 Å². The van der Waals surface area contributed by atoms with Crippen molar-refractivity contribution < 1.29 is 0 Å². The first-order valence-electron chi connectivity index (χ1n) is 7.70. The number of benzene rings is 1. The van der Waals surface area contributed by atoms with Crippen molar-refractivity contribution in [3.63, 3.8) is 0 Å². The highest BCUT2D eigenvalue weighted by molar-refractivity contribution is 5.78. The van der Waals surface area contributed by atoms with E-state index >= 15 is 0 Å². The molecule has 1 atom stereocenters. The average molecular weight is 270 g/mol. The maximum Gasteiger partial charge on any atom is 0.0705 e. The topological polar surface area (TPSA) is 24.9 Å². The van der Waals surface area contributed by atoms with Gasteiger partial charge in [-0.3, -0.25) is 4.98 Å². The van der Waals surface area contributed by atoms with E-state index < -0.39 is 0 Å². The molecule has 1 heterocycles. The first kappa shape index (κ1) is 15.0. The standard InChI is InChI=1S/C18H26N2/c1-14(2)13-19-11-10-15(3)12-17-9-8-16-6-4-5-7-18(16)20-17/h4-9,14-15,19H,10-13H2,1-3H3. The van der Waals surface area contributed by atoms with E-state index in [4.69, 9.17) is 4.98 Å². The van der Waals surface area contributed by atoms with Crippen LogP contribution in [0.5, 0.6) is 0 Å². The number of hydrogen-bond acceptors (Lipinski definition) is 2. The van der Waals surface area contributed by atoms with Gasteiger partial charge in [-0.05, 0) is 49.9 Å². The molecule has 0 saturated carbocycles. The van der Waals surface area contributed by atoms with Gasteiger partial charge >= 0.3 is 0 Å². The Labute approximate surface area is 122 Å². The first-order chi connectivity index (χ1) is 9.65. The van der Waals surface area contributed by atoms with E-state index in [1.807, 2.05) is 0 Å². The zero-order chi connectivity index (χ0) is 14.4. The zero-order valence-electron chi connectivity index (χ0n) is 12.9. The Hall–Kier alpha value is -1.41. The molecule has 1 aromatic carbocycles. The number of para-hydroxylation sites is 1. The van der Waals surface area contributed by atoms with Gasteiger partial charge in [-0.1, -0.05) is 45.0 Å². The molecule has 1 unspecified atom stereocenters. The summed E-state index contributed by atoms with van der Waals surface area (Å²) in [6.45, 7) is 9.02. The molecule has 0 saturated heterocycles. The summed E-state index contributed by atoms with van der Waals surface area (Å²) in [5.74, 6) is 1.40. The monoisotopic (exact) mass is 270 g/mol. The van der Waals surface area contributed by atoms with Crippen LogP contribution in [0.4, 0.5) is 0 Å². The molecule has 0 fully saturated rings. The number of hydrogen-bond donors (Lipinski definition) is 1. The van der Waals surface area contributed by atoms with E-state index in [9.17, 15) is 0 Å². The molecule has 0 spiro atoms. The van der Waals surface area contributed by atoms with Crippen molar-refractivity contribution in [1.29, 1.82) is 0 Å². The molecule has 2 rings (SSSR count). The summed E-state index contributed by atoms with van der Waals surface area (Å²) in [5, 5.41) is 4.74. The fraction of sp³-hybridized carbons (Fsp3) is 0.500. The number of nitrogens with zero attached hydrogens (tertiary/aromatic N) is 1. The molecule has 0 amide bonds. The van der Waals surface area contributed by atoms with Crippen molar-refractivity contribution in [1.82, 2.24) is 10.3 Å². The Morgan fingerprint density at radius 1 is 1.05 bits per heavy atom. The van der Waals surface area contributed by atoms with Crippen molar-refractivity contribution in [2.24, 2.45) is 11.8 Å². The third-order valence-electron chi connectivity index (χ3n) is 3.58. The lowest BCUT2D eigenvalue weighted by atomic mass is 10.0. The molecule has 1 N–H and O–H groups in total. The molecular weight excluding hydrogens is 244 g/mol. The predicted octanol–water partition coefficient (Wildman–Crippen LogP) is 4.05. The van der Waals surface area contributed by atoms with Gasteiger partial charge in [0, 0.05) is 11.1 Å². The highest BCUT2D eigenvalue weighted by Gasteiger charge is 2.06.